The molecule has 108 valence electrons. The highest BCUT2D eigenvalue weighted by Gasteiger charge is 2.32. The van der Waals surface area contributed by atoms with Crippen molar-refractivity contribution in [1.29, 1.82) is 0 Å². The van der Waals surface area contributed by atoms with Gasteiger partial charge in [0.25, 0.3) is 0 Å². The van der Waals surface area contributed by atoms with E-state index >= 15 is 0 Å². The molecule has 3 rings (SSSR count). The van der Waals surface area contributed by atoms with Crippen LogP contribution in [0.15, 0.2) is 0 Å². The maximum absolute atomic E-state index is 12.5. The number of nitrogens with two attached hydrogens (primary N) is 1. The molecule has 4 heteroatoms. The van der Waals surface area contributed by atoms with Crippen LogP contribution in [0.5, 0.6) is 0 Å². The number of hydrogen-bond acceptors (Lipinski definition) is 3. The predicted molar refractivity (Wildman–Crippen MR) is 75.7 cm³/mol. The van der Waals surface area contributed by atoms with E-state index in [4.69, 9.17) is 5.73 Å². The molecule has 2 N–H and O–H groups in total. The van der Waals surface area contributed by atoms with E-state index in [-0.39, 0.29) is 5.92 Å². The van der Waals surface area contributed by atoms with Crippen LogP contribution in [0, 0.1) is 5.92 Å². The molecule has 0 unspecified atom stereocenters. The lowest BCUT2D eigenvalue weighted by Gasteiger charge is -2.43. The summed E-state index contributed by atoms with van der Waals surface area (Å²) in [5.41, 5.74) is 5.92. The van der Waals surface area contributed by atoms with Gasteiger partial charge in [-0.15, -0.1) is 0 Å². The molecule has 3 fully saturated rings. The van der Waals surface area contributed by atoms with Gasteiger partial charge >= 0.3 is 0 Å². The van der Waals surface area contributed by atoms with Crippen molar-refractivity contribution in [3.05, 3.63) is 0 Å². The van der Waals surface area contributed by atoms with Crippen LogP contribution in [-0.4, -0.2) is 54.0 Å². The van der Waals surface area contributed by atoms with Crippen LogP contribution in [-0.2, 0) is 4.79 Å². The van der Waals surface area contributed by atoms with Crippen LogP contribution in [0.3, 0.4) is 0 Å². The van der Waals surface area contributed by atoms with Crippen LogP contribution in [0.25, 0.3) is 0 Å². The summed E-state index contributed by atoms with van der Waals surface area (Å²) in [6.07, 6.45) is 8.19. The van der Waals surface area contributed by atoms with Crippen molar-refractivity contribution < 1.29 is 4.79 Å². The minimum absolute atomic E-state index is 0.259. The zero-order valence-electron chi connectivity index (χ0n) is 11.9. The van der Waals surface area contributed by atoms with Crippen LogP contribution in [0.2, 0.25) is 0 Å². The fourth-order valence-electron chi connectivity index (χ4n) is 3.68. The molecule has 1 saturated heterocycles. The van der Waals surface area contributed by atoms with E-state index in [1.165, 1.54) is 19.3 Å². The van der Waals surface area contributed by atoms with E-state index in [2.05, 4.69) is 9.80 Å². The van der Waals surface area contributed by atoms with Gasteiger partial charge in [-0.05, 0) is 38.5 Å². The van der Waals surface area contributed by atoms with Crippen LogP contribution < -0.4 is 5.73 Å². The minimum Gasteiger partial charge on any atom is -0.340 e. The van der Waals surface area contributed by atoms with E-state index in [9.17, 15) is 4.79 Å². The third-order valence-corrected chi connectivity index (χ3v) is 5.34. The van der Waals surface area contributed by atoms with E-state index in [0.717, 1.165) is 57.9 Å². The highest BCUT2D eigenvalue weighted by molar-refractivity contribution is 5.79. The molecule has 0 bridgehead atoms. The lowest BCUT2D eigenvalue weighted by Crippen LogP contribution is -2.54. The van der Waals surface area contributed by atoms with Crippen molar-refractivity contribution in [3.63, 3.8) is 0 Å². The third kappa shape index (κ3) is 2.95. The molecule has 0 spiro atoms. The number of nitrogens with zero attached hydrogens (tertiary/aromatic N) is 2. The van der Waals surface area contributed by atoms with Crippen molar-refractivity contribution >= 4 is 5.91 Å². The van der Waals surface area contributed by atoms with Gasteiger partial charge in [0, 0.05) is 44.2 Å². The molecule has 3 aliphatic rings. The molecule has 0 atom stereocenters. The van der Waals surface area contributed by atoms with E-state index < -0.39 is 0 Å². The summed E-state index contributed by atoms with van der Waals surface area (Å²) < 4.78 is 0. The Morgan fingerprint density at radius 2 is 1.53 bits per heavy atom. The van der Waals surface area contributed by atoms with Crippen LogP contribution >= 0.6 is 0 Å². The Labute approximate surface area is 116 Å². The lowest BCUT2D eigenvalue weighted by molar-refractivity contribution is -0.139. The van der Waals surface area contributed by atoms with Crippen molar-refractivity contribution in [2.24, 2.45) is 11.7 Å². The van der Waals surface area contributed by atoms with Crippen LogP contribution in [0.1, 0.15) is 44.9 Å². The molecule has 0 aromatic heterocycles. The number of carbonyl (C=O) groups excluding carboxylic acids is 1. The number of piperazine rings is 1. The van der Waals surface area contributed by atoms with Gasteiger partial charge in [0.15, 0.2) is 0 Å². The van der Waals surface area contributed by atoms with E-state index in [0.29, 0.717) is 11.9 Å². The Hall–Kier alpha value is -0.610. The normalized spacial score (nSPS) is 34.1. The summed E-state index contributed by atoms with van der Waals surface area (Å²) in [6.45, 7) is 4.06. The van der Waals surface area contributed by atoms with Gasteiger partial charge < -0.3 is 10.6 Å². The molecule has 19 heavy (non-hydrogen) atoms. The second-order valence-electron chi connectivity index (χ2n) is 6.56. The van der Waals surface area contributed by atoms with Crippen molar-refractivity contribution in [2.45, 2.75) is 57.0 Å². The highest BCUT2D eigenvalue weighted by Crippen LogP contribution is 2.28. The second-order valence-corrected chi connectivity index (χ2v) is 6.56. The average Bonchev–Trinajstić information content (AvgIpc) is 2.38. The third-order valence-electron chi connectivity index (χ3n) is 5.34. The Morgan fingerprint density at radius 3 is 2.05 bits per heavy atom. The Morgan fingerprint density at radius 1 is 0.895 bits per heavy atom. The first-order valence-corrected chi connectivity index (χ1v) is 8.02. The Kier molecular flexibility index (Phi) is 4.08. The first kappa shape index (κ1) is 13.4. The molecule has 2 saturated carbocycles. The predicted octanol–water partition coefficient (Wildman–Crippen LogP) is 1.20. The van der Waals surface area contributed by atoms with E-state index in [1.54, 1.807) is 0 Å². The molecule has 0 aromatic carbocycles. The molecule has 1 amide bonds. The summed E-state index contributed by atoms with van der Waals surface area (Å²) in [6, 6.07) is 1.16. The summed E-state index contributed by atoms with van der Waals surface area (Å²) in [5, 5.41) is 0. The maximum atomic E-state index is 12.5. The minimum atomic E-state index is 0.259. The molecule has 0 aromatic rings. The van der Waals surface area contributed by atoms with Crippen LogP contribution in [0.4, 0.5) is 0 Å². The highest BCUT2D eigenvalue weighted by atomic mass is 16.2. The number of rotatable bonds is 2. The molecule has 0 radical (unpaired) electrons. The summed E-state index contributed by atoms with van der Waals surface area (Å²) in [4.78, 5) is 17.2. The van der Waals surface area contributed by atoms with E-state index in [1.807, 2.05) is 0 Å². The summed E-state index contributed by atoms with van der Waals surface area (Å²) in [5.74, 6) is 0.662. The number of amides is 1. The van der Waals surface area contributed by atoms with Crippen molar-refractivity contribution in [1.82, 2.24) is 9.80 Å². The molecule has 1 heterocycles. The van der Waals surface area contributed by atoms with Crippen molar-refractivity contribution in [2.75, 3.05) is 26.2 Å². The Balaban J connectivity index is 1.46. The zero-order valence-corrected chi connectivity index (χ0v) is 11.9. The van der Waals surface area contributed by atoms with Gasteiger partial charge in [-0.25, -0.2) is 0 Å². The summed E-state index contributed by atoms with van der Waals surface area (Å²) >= 11 is 0. The molecular formula is C15H27N3O. The van der Waals surface area contributed by atoms with Gasteiger partial charge in [0.1, 0.15) is 0 Å². The standard InChI is InChI=1S/C15H27N3O/c16-13-6-4-12(5-7-13)15(19)18-10-8-17(9-11-18)14-2-1-3-14/h12-14H,1-11,16H2. The van der Waals surface area contributed by atoms with Gasteiger partial charge in [-0.3, -0.25) is 9.69 Å². The number of carbonyl (C=O) groups is 1. The fraction of sp³-hybridized carbons (Fsp3) is 0.933. The SMILES string of the molecule is NC1CCC(C(=O)N2CCN(C3CCC3)CC2)CC1. The monoisotopic (exact) mass is 265 g/mol. The first-order valence-electron chi connectivity index (χ1n) is 8.02. The smallest absolute Gasteiger partial charge is 0.225 e. The molecule has 1 aliphatic heterocycles. The number of hydrogen-bond donors (Lipinski definition) is 1. The maximum Gasteiger partial charge on any atom is 0.225 e. The van der Waals surface area contributed by atoms with Gasteiger partial charge in [0.2, 0.25) is 5.91 Å². The largest absolute Gasteiger partial charge is 0.340 e. The zero-order chi connectivity index (χ0) is 13.2. The van der Waals surface area contributed by atoms with Crippen molar-refractivity contribution in [3.8, 4) is 0 Å². The molecule has 4 nitrogen and oxygen atoms in total. The van der Waals surface area contributed by atoms with Gasteiger partial charge in [0.05, 0.1) is 0 Å². The lowest BCUT2D eigenvalue weighted by atomic mass is 9.85. The topological polar surface area (TPSA) is 49.6 Å². The van der Waals surface area contributed by atoms with Gasteiger partial charge in [-0.2, -0.15) is 0 Å². The molecule has 2 aliphatic carbocycles. The molecular weight excluding hydrogens is 238 g/mol. The average molecular weight is 265 g/mol. The van der Waals surface area contributed by atoms with Gasteiger partial charge in [-0.1, -0.05) is 6.42 Å². The fourth-order valence-corrected chi connectivity index (χ4v) is 3.68. The first-order chi connectivity index (χ1) is 9.24. The second kappa shape index (κ2) is 5.80. The quantitative estimate of drug-likeness (QED) is 0.816. The summed E-state index contributed by atoms with van der Waals surface area (Å²) in [7, 11) is 0. The Bertz CT molecular complexity index is 313.